The maximum absolute atomic E-state index is 12.3. The van der Waals surface area contributed by atoms with E-state index in [1.807, 2.05) is 17.0 Å². The molecule has 1 fully saturated rings. The fourth-order valence-electron chi connectivity index (χ4n) is 2.64. The van der Waals surface area contributed by atoms with E-state index in [2.05, 4.69) is 15.3 Å². The maximum atomic E-state index is 12.3. The Morgan fingerprint density at radius 3 is 2.58 bits per heavy atom. The van der Waals surface area contributed by atoms with Crippen molar-refractivity contribution in [2.45, 2.75) is 6.54 Å². The Kier molecular flexibility index (Phi) is 5.85. The third kappa shape index (κ3) is 4.20. The van der Waals surface area contributed by atoms with Crippen molar-refractivity contribution in [3.8, 4) is 11.5 Å². The van der Waals surface area contributed by atoms with Crippen LogP contribution in [0.2, 0.25) is 0 Å². The summed E-state index contributed by atoms with van der Waals surface area (Å²) in [6, 6.07) is 5.46. The molecule has 2 aromatic rings. The maximum Gasteiger partial charge on any atom is 0.254 e. The minimum absolute atomic E-state index is 0.239. The quantitative estimate of drug-likeness (QED) is 0.832. The van der Waals surface area contributed by atoms with Gasteiger partial charge in [0.2, 0.25) is 5.95 Å². The number of methoxy groups -OCH3 is 2. The normalized spacial score (nSPS) is 14.0. The summed E-state index contributed by atoms with van der Waals surface area (Å²) in [6.07, 6.45) is 3.08. The van der Waals surface area contributed by atoms with Crippen LogP contribution in [-0.2, 0) is 11.3 Å². The van der Waals surface area contributed by atoms with Gasteiger partial charge in [0.05, 0.1) is 33.0 Å². The molecule has 1 saturated heterocycles. The van der Waals surface area contributed by atoms with Crippen LogP contribution >= 0.6 is 0 Å². The van der Waals surface area contributed by atoms with Crippen LogP contribution in [0.3, 0.4) is 0 Å². The highest BCUT2D eigenvalue weighted by Gasteiger charge is 2.15. The molecular formula is C18H22N4O4. The highest BCUT2D eigenvalue weighted by atomic mass is 16.5. The molecule has 0 atom stereocenters. The number of morpholine rings is 1. The van der Waals surface area contributed by atoms with Crippen molar-refractivity contribution in [3.63, 3.8) is 0 Å². The lowest BCUT2D eigenvalue weighted by atomic mass is 10.2. The van der Waals surface area contributed by atoms with Crippen molar-refractivity contribution < 1.29 is 19.0 Å². The SMILES string of the molecule is COc1ccc(CNC(=O)c2cnc(N3CCOCC3)nc2)c(OC)c1. The molecule has 0 saturated carbocycles. The Balaban J connectivity index is 1.61. The zero-order valence-corrected chi connectivity index (χ0v) is 14.9. The van der Waals surface area contributed by atoms with E-state index < -0.39 is 0 Å². The third-order valence-electron chi connectivity index (χ3n) is 4.13. The van der Waals surface area contributed by atoms with Crippen molar-refractivity contribution in [1.82, 2.24) is 15.3 Å². The monoisotopic (exact) mass is 358 g/mol. The first-order valence-electron chi connectivity index (χ1n) is 8.35. The van der Waals surface area contributed by atoms with E-state index in [4.69, 9.17) is 14.2 Å². The minimum atomic E-state index is -0.239. The predicted octanol–water partition coefficient (Wildman–Crippen LogP) is 1.26. The van der Waals surface area contributed by atoms with Gasteiger partial charge in [-0.2, -0.15) is 0 Å². The zero-order chi connectivity index (χ0) is 18.4. The predicted molar refractivity (Wildman–Crippen MR) is 95.8 cm³/mol. The molecule has 3 rings (SSSR count). The van der Waals surface area contributed by atoms with E-state index in [0.29, 0.717) is 42.8 Å². The van der Waals surface area contributed by atoms with Gasteiger partial charge in [0.15, 0.2) is 0 Å². The van der Waals surface area contributed by atoms with E-state index in [1.165, 1.54) is 0 Å². The number of hydrogen-bond donors (Lipinski definition) is 1. The van der Waals surface area contributed by atoms with Crippen LogP contribution in [-0.4, -0.2) is 56.4 Å². The molecule has 1 aromatic heterocycles. The molecule has 1 aliphatic rings. The molecule has 8 heteroatoms. The van der Waals surface area contributed by atoms with Crippen LogP contribution < -0.4 is 19.7 Å². The molecule has 0 bridgehead atoms. The number of amides is 1. The summed E-state index contributed by atoms with van der Waals surface area (Å²) in [5, 5.41) is 2.85. The minimum Gasteiger partial charge on any atom is -0.497 e. The Morgan fingerprint density at radius 2 is 1.92 bits per heavy atom. The van der Waals surface area contributed by atoms with Crippen molar-refractivity contribution in [1.29, 1.82) is 0 Å². The molecule has 0 unspecified atom stereocenters. The van der Waals surface area contributed by atoms with Gasteiger partial charge in [-0.05, 0) is 12.1 Å². The molecule has 1 aliphatic heterocycles. The number of rotatable bonds is 6. The van der Waals surface area contributed by atoms with E-state index in [0.717, 1.165) is 18.7 Å². The number of carbonyl (C=O) groups is 1. The van der Waals surface area contributed by atoms with Gasteiger partial charge in [-0.25, -0.2) is 9.97 Å². The fourth-order valence-corrected chi connectivity index (χ4v) is 2.64. The van der Waals surface area contributed by atoms with Gasteiger partial charge in [-0.15, -0.1) is 0 Å². The second kappa shape index (κ2) is 8.48. The number of nitrogens with zero attached hydrogens (tertiary/aromatic N) is 3. The number of aromatic nitrogens is 2. The lowest BCUT2D eigenvalue weighted by Gasteiger charge is -2.26. The summed E-state index contributed by atoms with van der Waals surface area (Å²) in [5.74, 6) is 1.73. The van der Waals surface area contributed by atoms with Gasteiger partial charge in [0.25, 0.3) is 5.91 Å². The van der Waals surface area contributed by atoms with Crippen LogP contribution in [0.4, 0.5) is 5.95 Å². The third-order valence-corrected chi connectivity index (χ3v) is 4.13. The number of hydrogen-bond acceptors (Lipinski definition) is 7. The Morgan fingerprint density at radius 1 is 1.19 bits per heavy atom. The van der Waals surface area contributed by atoms with Gasteiger partial charge in [-0.1, -0.05) is 0 Å². The zero-order valence-electron chi connectivity index (χ0n) is 14.9. The van der Waals surface area contributed by atoms with Gasteiger partial charge in [0.1, 0.15) is 11.5 Å². The summed E-state index contributed by atoms with van der Waals surface area (Å²) in [6.45, 7) is 3.16. The molecular weight excluding hydrogens is 336 g/mol. The molecule has 0 radical (unpaired) electrons. The Bertz CT molecular complexity index is 745. The first-order valence-corrected chi connectivity index (χ1v) is 8.35. The second-order valence-electron chi connectivity index (χ2n) is 5.73. The molecule has 138 valence electrons. The van der Waals surface area contributed by atoms with Crippen LogP contribution in [0.15, 0.2) is 30.6 Å². The van der Waals surface area contributed by atoms with Crippen LogP contribution in [0.1, 0.15) is 15.9 Å². The topological polar surface area (TPSA) is 85.8 Å². The van der Waals surface area contributed by atoms with Crippen LogP contribution in [0.25, 0.3) is 0 Å². The molecule has 8 nitrogen and oxygen atoms in total. The first kappa shape index (κ1) is 17.9. The number of benzene rings is 1. The highest BCUT2D eigenvalue weighted by Crippen LogP contribution is 2.24. The number of nitrogens with one attached hydrogen (secondary N) is 1. The average Bonchev–Trinajstić information content (AvgIpc) is 2.72. The standard InChI is InChI=1S/C18H22N4O4/c1-24-15-4-3-13(16(9-15)25-2)10-19-17(23)14-11-20-18(21-12-14)22-5-7-26-8-6-22/h3-4,9,11-12H,5-8,10H2,1-2H3,(H,19,23). The Hall–Kier alpha value is -2.87. The number of anilines is 1. The van der Waals surface area contributed by atoms with E-state index in [9.17, 15) is 4.79 Å². The second-order valence-corrected chi connectivity index (χ2v) is 5.73. The summed E-state index contributed by atoms with van der Waals surface area (Å²) in [5.41, 5.74) is 1.27. The molecule has 1 N–H and O–H groups in total. The summed E-state index contributed by atoms with van der Waals surface area (Å²) >= 11 is 0. The van der Waals surface area contributed by atoms with Crippen molar-refractivity contribution >= 4 is 11.9 Å². The van der Waals surface area contributed by atoms with Crippen molar-refractivity contribution in [2.24, 2.45) is 0 Å². The van der Waals surface area contributed by atoms with E-state index in [-0.39, 0.29) is 5.91 Å². The molecule has 0 spiro atoms. The molecule has 0 aliphatic carbocycles. The first-order chi connectivity index (χ1) is 12.7. The Labute approximate surface area is 152 Å². The summed E-state index contributed by atoms with van der Waals surface area (Å²) < 4.78 is 15.8. The van der Waals surface area contributed by atoms with Gasteiger partial charge in [-0.3, -0.25) is 4.79 Å². The lowest BCUT2D eigenvalue weighted by Crippen LogP contribution is -2.37. The van der Waals surface area contributed by atoms with E-state index in [1.54, 1.807) is 32.7 Å². The molecule has 1 amide bonds. The van der Waals surface area contributed by atoms with Gasteiger partial charge in [0, 0.05) is 43.7 Å². The van der Waals surface area contributed by atoms with Gasteiger partial charge >= 0.3 is 0 Å². The smallest absolute Gasteiger partial charge is 0.254 e. The van der Waals surface area contributed by atoms with Crippen LogP contribution in [0, 0.1) is 0 Å². The number of ether oxygens (including phenoxy) is 3. The summed E-state index contributed by atoms with van der Waals surface area (Å²) in [4.78, 5) is 23.0. The average molecular weight is 358 g/mol. The highest BCUT2D eigenvalue weighted by molar-refractivity contribution is 5.93. The fraction of sp³-hybridized carbons (Fsp3) is 0.389. The van der Waals surface area contributed by atoms with Crippen molar-refractivity contribution in [2.75, 3.05) is 45.4 Å². The largest absolute Gasteiger partial charge is 0.497 e. The van der Waals surface area contributed by atoms with E-state index >= 15 is 0 Å². The molecule has 2 heterocycles. The van der Waals surface area contributed by atoms with Crippen molar-refractivity contribution in [3.05, 3.63) is 41.7 Å². The molecule has 1 aromatic carbocycles. The van der Waals surface area contributed by atoms with Gasteiger partial charge < -0.3 is 24.4 Å². The van der Waals surface area contributed by atoms with Crippen LogP contribution in [0.5, 0.6) is 11.5 Å². The lowest BCUT2D eigenvalue weighted by molar-refractivity contribution is 0.0949. The number of carbonyl (C=O) groups excluding carboxylic acids is 1. The summed E-state index contributed by atoms with van der Waals surface area (Å²) in [7, 11) is 3.18. The molecule has 26 heavy (non-hydrogen) atoms.